The summed E-state index contributed by atoms with van der Waals surface area (Å²) in [6.45, 7) is 0.0588. The summed E-state index contributed by atoms with van der Waals surface area (Å²) in [7, 11) is -3.41. The highest BCUT2D eigenvalue weighted by atomic mass is 35.5. The number of ether oxygens (including phenoxy) is 1. The van der Waals surface area contributed by atoms with Crippen molar-refractivity contribution in [3.05, 3.63) is 107 Å². The summed E-state index contributed by atoms with van der Waals surface area (Å²) in [5.74, 6) is -1.95. The van der Waals surface area contributed by atoms with Gasteiger partial charge in [-0.05, 0) is 55.4 Å². The summed E-state index contributed by atoms with van der Waals surface area (Å²) >= 11 is 5.96. The minimum atomic E-state index is -3.41. The molecule has 11 heteroatoms. The van der Waals surface area contributed by atoms with E-state index < -0.39 is 32.9 Å². The minimum Gasteiger partial charge on any atom is -0.485 e. The number of alkyl halides is 1. The zero-order chi connectivity index (χ0) is 29.9. The van der Waals surface area contributed by atoms with Crippen LogP contribution in [0.3, 0.4) is 0 Å². The lowest BCUT2D eigenvalue weighted by atomic mass is 9.68. The molecule has 0 amide bonds. The highest BCUT2D eigenvalue weighted by Gasteiger charge is 2.42. The van der Waals surface area contributed by atoms with E-state index in [2.05, 4.69) is 9.71 Å². The van der Waals surface area contributed by atoms with Crippen LogP contribution in [-0.4, -0.2) is 25.7 Å². The van der Waals surface area contributed by atoms with Crippen LogP contribution in [-0.2, 0) is 34.3 Å². The molecule has 1 aromatic heterocycles. The molecule has 6 nitrogen and oxygen atoms in total. The van der Waals surface area contributed by atoms with Crippen LogP contribution in [0.2, 0.25) is 0 Å². The van der Waals surface area contributed by atoms with Crippen molar-refractivity contribution in [3.8, 4) is 16.9 Å². The SMILES string of the molecule is CS(=O)(=O)NC1CCC(Cc2cc(-c3cccc(F)c3OCc3ccccc3)c(F)cc2F)(c2nc(CCl)co2)CC1. The van der Waals surface area contributed by atoms with Gasteiger partial charge in [-0.2, -0.15) is 0 Å². The third kappa shape index (κ3) is 6.82. The number of rotatable bonds is 10. The molecule has 0 unspecified atom stereocenters. The molecule has 1 N–H and O–H groups in total. The third-order valence-corrected chi connectivity index (χ3v) is 8.65. The Balaban J connectivity index is 1.50. The second kappa shape index (κ2) is 12.5. The maximum atomic E-state index is 15.4. The summed E-state index contributed by atoms with van der Waals surface area (Å²) in [6.07, 6.45) is 4.43. The Morgan fingerprint density at radius 1 is 1.00 bits per heavy atom. The van der Waals surface area contributed by atoms with Crippen LogP contribution in [0.25, 0.3) is 11.1 Å². The Morgan fingerprint density at radius 3 is 2.40 bits per heavy atom. The summed E-state index contributed by atoms with van der Waals surface area (Å²) < 4.78 is 83.6. The summed E-state index contributed by atoms with van der Waals surface area (Å²) in [6, 6.07) is 15.2. The van der Waals surface area contributed by atoms with Crippen molar-refractivity contribution >= 4 is 21.6 Å². The first kappa shape index (κ1) is 30.1. The van der Waals surface area contributed by atoms with Gasteiger partial charge in [-0.25, -0.2) is 31.3 Å². The molecule has 1 heterocycles. The Bertz CT molecular complexity index is 1660. The van der Waals surface area contributed by atoms with E-state index in [-0.39, 0.29) is 47.4 Å². The predicted molar refractivity (Wildman–Crippen MR) is 154 cm³/mol. The van der Waals surface area contributed by atoms with Crippen LogP contribution >= 0.6 is 11.6 Å². The Labute approximate surface area is 247 Å². The lowest BCUT2D eigenvalue weighted by Gasteiger charge is -2.38. The second-order valence-electron chi connectivity index (χ2n) is 10.7. The molecule has 1 fully saturated rings. The average molecular weight is 619 g/mol. The molecule has 3 aromatic carbocycles. The van der Waals surface area contributed by atoms with Crippen molar-refractivity contribution in [2.24, 2.45) is 0 Å². The van der Waals surface area contributed by atoms with Gasteiger partial charge in [-0.1, -0.05) is 42.5 Å². The van der Waals surface area contributed by atoms with Crippen molar-refractivity contribution in [1.29, 1.82) is 0 Å². The highest BCUT2D eigenvalue weighted by molar-refractivity contribution is 7.88. The van der Waals surface area contributed by atoms with Crippen LogP contribution in [0.15, 0.2) is 71.3 Å². The number of hydrogen-bond donors (Lipinski definition) is 1. The quantitative estimate of drug-likeness (QED) is 0.193. The summed E-state index contributed by atoms with van der Waals surface area (Å²) in [5.41, 5.74) is 0.847. The van der Waals surface area contributed by atoms with Gasteiger partial charge in [-0.3, -0.25) is 0 Å². The van der Waals surface area contributed by atoms with E-state index in [1.165, 1.54) is 30.5 Å². The molecule has 222 valence electrons. The Morgan fingerprint density at radius 2 is 1.74 bits per heavy atom. The Kier molecular flexibility index (Phi) is 8.96. The first-order valence-electron chi connectivity index (χ1n) is 13.5. The van der Waals surface area contributed by atoms with Gasteiger partial charge in [0.1, 0.15) is 24.5 Å². The first-order chi connectivity index (χ1) is 20.1. The molecule has 0 aliphatic heterocycles. The van der Waals surface area contributed by atoms with Gasteiger partial charge in [0.15, 0.2) is 11.6 Å². The number of sulfonamides is 1. The number of benzene rings is 3. The smallest absolute Gasteiger partial charge is 0.208 e. The summed E-state index contributed by atoms with van der Waals surface area (Å²) in [4.78, 5) is 4.52. The van der Waals surface area contributed by atoms with Gasteiger partial charge < -0.3 is 9.15 Å². The number of para-hydroxylation sites is 1. The van der Waals surface area contributed by atoms with Crippen molar-refractivity contribution in [1.82, 2.24) is 9.71 Å². The van der Waals surface area contributed by atoms with Gasteiger partial charge in [0.25, 0.3) is 0 Å². The van der Waals surface area contributed by atoms with Crippen LogP contribution in [0.4, 0.5) is 13.2 Å². The van der Waals surface area contributed by atoms with Gasteiger partial charge in [-0.15, -0.1) is 11.6 Å². The standard InChI is InChI=1S/C31H30ClF3N2O4S/c1-42(38,39)37-22-10-12-31(13-11-22,30-36-23(17-32)19-41-30)16-21-14-25(28(35)15-27(21)34)24-8-5-9-26(33)29(24)40-18-20-6-3-2-4-7-20/h2-9,14-15,19,22,37H,10-13,16-18H2,1H3. The fourth-order valence-electron chi connectivity index (χ4n) is 5.57. The fraction of sp³-hybridized carbons (Fsp3) is 0.323. The molecular formula is C31H30ClF3N2O4S. The zero-order valence-electron chi connectivity index (χ0n) is 22.9. The van der Waals surface area contributed by atoms with Crippen molar-refractivity contribution < 1.29 is 30.7 Å². The van der Waals surface area contributed by atoms with Crippen LogP contribution < -0.4 is 9.46 Å². The summed E-state index contributed by atoms with van der Waals surface area (Å²) in [5, 5.41) is 0. The van der Waals surface area contributed by atoms with E-state index in [0.29, 0.717) is 37.3 Å². The molecule has 1 aliphatic rings. The number of halogens is 4. The number of nitrogens with zero attached hydrogens (tertiary/aromatic N) is 1. The predicted octanol–water partition coefficient (Wildman–Crippen LogP) is 7.05. The maximum absolute atomic E-state index is 15.4. The molecular weight excluding hydrogens is 589 g/mol. The molecule has 42 heavy (non-hydrogen) atoms. The van der Waals surface area contributed by atoms with E-state index in [4.69, 9.17) is 20.8 Å². The topological polar surface area (TPSA) is 81.4 Å². The fourth-order valence-corrected chi connectivity index (χ4v) is 6.53. The molecule has 0 atom stereocenters. The van der Waals surface area contributed by atoms with E-state index in [0.717, 1.165) is 17.9 Å². The molecule has 4 aromatic rings. The van der Waals surface area contributed by atoms with Gasteiger partial charge in [0, 0.05) is 23.2 Å². The van der Waals surface area contributed by atoms with Crippen LogP contribution in [0, 0.1) is 17.5 Å². The van der Waals surface area contributed by atoms with E-state index in [1.54, 1.807) is 0 Å². The third-order valence-electron chi connectivity index (χ3n) is 7.61. The number of oxazole rings is 1. The van der Waals surface area contributed by atoms with Crippen LogP contribution in [0.5, 0.6) is 5.75 Å². The van der Waals surface area contributed by atoms with Crippen molar-refractivity contribution in [2.75, 3.05) is 6.26 Å². The second-order valence-corrected chi connectivity index (χ2v) is 12.8. The normalized spacial score (nSPS) is 19.1. The van der Waals surface area contributed by atoms with Crippen LogP contribution in [0.1, 0.15) is 48.4 Å². The number of hydrogen-bond acceptors (Lipinski definition) is 5. The van der Waals surface area contributed by atoms with Gasteiger partial charge >= 0.3 is 0 Å². The number of nitrogens with one attached hydrogen (secondary N) is 1. The molecule has 5 rings (SSSR count). The molecule has 0 radical (unpaired) electrons. The molecule has 1 saturated carbocycles. The molecule has 1 aliphatic carbocycles. The monoisotopic (exact) mass is 618 g/mol. The Hall–Kier alpha value is -3.34. The van der Waals surface area contributed by atoms with Gasteiger partial charge in [0.05, 0.1) is 23.2 Å². The van der Waals surface area contributed by atoms with Crippen molar-refractivity contribution in [3.63, 3.8) is 0 Å². The molecule has 0 spiro atoms. The van der Waals surface area contributed by atoms with Crippen molar-refractivity contribution in [2.45, 2.75) is 56.0 Å². The zero-order valence-corrected chi connectivity index (χ0v) is 24.5. The van der Waals surface area contributed by atoms with Gasteiger partial charge in [0.2, 0.25) is 15.9 Å². The molecule has 0 bridgehead atoms. The lowest BCUT2D eigenvalue weighted by molar-refractivity contribution is 0.211. The highest BCUT2D eigenvalue weighted by Crippen LogP contribution is 2.44. The van der Waals surface area contributed by atoms with E-state index in [9.17, 15) is 12.8 Å². The lowest BCUT2D eigenvalue weighted by Crippen LogP contribution is -2.43. The first-order valence-corrected chi connectivity index (χ1v) is 15.9. The minimum absolute atomic E-state index is 0.00890. The average Bonchev–Trinajstić information content (AvgIpc) is 3.45. The number of aromatic nitrogens is 1. The van der Waals surface area contributed by atoms with E-state index in [1.807, 2.05) is 30.3 Å². The largest absolute Gasteiger partial charge is 0.485 e. The van der Waals surface area contributed by atoms with E-state index >= 15 is 8.78 Å². The maximum Gasteiger partial charge on any atom is 0.208 e. The molecule has 0 saturated heterocycles.